The zero-order valence-electron chi connectivity index (χ0n) is 9.75. The van der Waals surface area contributed by atoms with Crippen molar-refractivity contribution in [3.8, 4) is 0 Å². The molecule has 0 spiro atoms. The van der Waals surface area contributed by atoms with Crippen molar-refractivity contribution in [2.45, 2.75) is 38.3 Å². The van der Waals surface area contributed by atoms with Gasteiger partial charge in [-0.3, -0.25) is 4.79 Å². The third-order valence-electron chi connectivity index (χ3n) is 2.52. The van der Waals surface area contributed by atoms with Crippen LogP contribution >= 0.6 is 11.3 Å². The molecule has 0 bridgehead atoms. The quantitative estimate of drug-likeness (QED) is 0.822. The van der Waals surface area contributed by atoms with Gasteiger partial charge in [0.1, 0.15) is 6.10 Å². The van der Waals surface area contributed by atoms with Gasteiger partial charge in [0.05, 0.1) is 12.7 Å². The van der Waals surface area contributed by atoms with Crippen LogP contribution in [0.2, 0.25) is 0 Å². The predicted molar refractivity (Wildman–Crippen MR) is 62.0 cm³/mol. The van der Waals surface area contributed by atoms with E-state index < -0.39 is 18.0 Å². The summed E-state index contributed by atoms with van der Waals surface area (Å²) in [6.45, 7) is 3.87. The maximum atomic E-state index is 11.7. The van der Waals surface area contributed by atoms with Crippen molar-refractivity contribution in [1.29, 1.82) is 0 Å². The van der Waals surface area contributed by atoms with Gasteiger partial charge in [-0.1, -0.05) is 0 Å². The van der Waals surface area contributed by atoms with Gasteiger partial charge >= 0.3 is 0 Å². The van der Waals surface area contributed by atoms with Crippen molar-refractivity contribution >= 4 is 17.1 Å². The molecule has 0 saturated carbocycles. The van der Waals surface area contributed by atoms with Crippen molar-refractivity contribution in [3.05, 3.63) is 16.6 Å². The van der Waals surface area contributed by atoms with E-state index in [-0.39, 0.29) is 12.2 Å². The van der Waals surface area contributed by atoms with E-state index in [0.29, 0.717) is 11.6 Å². The minimum atomic E-state index is -0.854. The van der Waals surface area contributed by atoms with Crippen molar-refractivity contribution in [3.63, 3.8) is 0 Å². The molecule has 0 aliphatic carbocycles. The molecule has 0 aromatic carbocycles. The molecule has 1 aromatic heterocycles. The highest BCUT2D eigenvalue weighted by Crippen LogP contribution is 2.25. The van der Waals surface area contributed by atoms with Crippen LogP contribution in [0.3, 0.4) is 0 Å². The van der Waals surface area contributed by atoms with Crippen LogP contribution in [-0.4, -0.2) is 40.5 Å². The molecule has 1 fully saturated rings. The molecule has 1 aromatic rings. The molecule has 2 heterocycles. The summed E-state index contributed by atoms with van der Waals surface area (Å²) in [5, 5.41) is 12.1. The second-order valence-electron chi connectivity index (χ2n) is 4.40. The van der Waals surface area contributed by atoms with Gasteiger partial charge in [-0.25, -0.2) is 4.98 Å². The highest BCUT2D eigenvalue weighted by atomic mass is 32.1. The zero-order valence-corrected chi connectivity index (χ0v) is 10.6. The number of hydrogen-bond donors (Lipinski definition) is 1. The van der Waals surface area contributed by atoms with Gasteiger partial charge in [-0.05, 0) is 13.8 Å². The molecule has 0 unspecified atom stereocenters. The highest BCUT2D eigenvalue weighted by Gasteiger charge is 2.37. The van der Waals surface area contributed by atoms with Gasteiger partial charge in [0.15, 0.2) is 16.6 Å². The van der Waals surface area contributed by atoms with Crippen molar-refractivity contribution in [1.82, 2.24) is 4.98 Å². The topological polar surface area (TPSA) is 68.7 Å². The summed E-state index contributed by atoms with van der Waals surface area (Å²) in [6.07, 6.45) is 0.280. The molecule has 1 aliphatic rings. The van der Waals surface area contributed by atoms with E-state index in [2.05, 4.69) is 4.98 Å². The fraction of sp³-hybridized carbons (Fsp3) is 0.636. The average molecular weight is 257 g/mol. The maximum Gasteiger partial charge on any atom is 0.194 e. The van der Waals surface area contributed by atoms with Crippen molar-refractivity contribution < 1.29 is 19.4 Å². The van der Waals surface area contributed by atoms with E-state index in [4.69, 9.17) is 9.47 Å². The lowest BCUT2D eigenvalue weighted by Gasteiger charge is -2.19. The van der Waals surface area contributed by atoms with E-state index >= 15 is 0 Å². The first kappa shape index (κ1) is 12.6. The van der Waals surface area contributed by atoms with Gasteiger partial charge < -0.3 is 14.6 Å². The Morgan fingerprint density at radius 1 is 1.76 bits per heavy atom. The number of hydrogen-bond acceptors (Lipinski definition) is 6. The molecule has 1 N–H and O–H groups in total. The molecule has 1 saturated heterocycles. The van der Waals surface area contributed by atoms with E-state index in [1.54, 1.807) is 25.4 Å². The lowest BCUT2D eigenvalue weighted by Crippen LogP contribution is -2.32. The summed E-state index contributed by atoms with van der Waals surface area (Å²) in [5.41, 5.74) is 0. The standard InChI is InChI=1S/C11H15NO4S/c1-11(2)15-6-9(16-11)7(13)5-8(14)10-12-3-4-17-10/h3-4,7,9,13H,5-6H2,1-2H3/t7-,9-/m1/s1. The lowest BCUT2D eigenvalue weighted by atomic mass is 10.1. The summed E-state index contributed by atoms with van der Waals surface area (Å²) < 4.78 is 10.8. The number of ketones is 1. The van der Waals surface area contributed by atoms with Gasteiger partial charge in [0, 0.05) is 18.0 Å². The fourth-order valence-electron chi connectivity index (χ4n) is 1.67. The molecule has 2 rings (SSSR count). The summed E-state index contributed by atoms with van der Waals surface area (Å²) in [6, 6.07) is 0. The predicted octanol–water partition coefficient (Wildman–Crippen LogP) is 1.23. The Balaban J connectivity index is 1.90. The smallest absolute Gasteiger partial charge is 0.194 e. The normalized spacial score (nSPS) is 24.8. The maximum absolute atomic E-state index is 11.7. The summed E-state index contributed by atoms with van der Waals surface area (Å²) >= 11 is 1.27. The van der Waals surface area contributed by atoms with Crippen LogP contribution in [0.1, 0.15) is 30.1 Å². The summed E-state index contributed by atoms with van der Waals surface area (Å²) in [5.74, 6) is -0.851. The van der Waals surface area contributed by atoms with Gasteiger partial charge in [0.25, 0.3) is 0 Å². The van der Waals surface area contributed by atoms with Gasteiger partial charge in [-0.15, -0.1) is 11.3 Å². The molecule has 6 heteroatoms. The third kappa shape index (κ3) is 3.10. The number of aliphatic hydroxyl groups is 1. The van der Waals surface area contributed by atoms with Crippen LogP contribution in [0.25, 0.3) is 0 Å². The second-order valence-corrected chi connectivity index (χ2v) is 5.29. The largest absolute Gasteiger partial charge is 0.390 e. The Bertz CT molecular complexity index is 390. The number of carbonyl (C=O) groups is 1. The van der Waals surface area contributed by atoms with E-state index in [1.807, 2.05) is 0 Å². The van der Waals surface area contributed by atoms with Crippen LogP contribution in [0.5, 0.6) is 0 Å². The second kappa shape index (κ2) is 4.81. The number of carbonyl (C=O) groups excluding carboxylic acids is 1. The zero-order chi connectivity index (χ0) is 12.5. The number of aliphatic hydroxyl groups excluding tert-OH is 1. The average Bonchev–Trinajstić information content (AvgIpc) is 2.86. The first-order valence-electron chi connectivity index (χ1n) is 5.40. The highest BCUT2D eigenvalue weighted by molar-refractivity contribution is 7.11. The number of Topliss-reactive ketones (excluding diaryl/α,β-unsaturated/α-hetero) is 1. The van der Waals surface area contributed by atoms with E-state index in [9.17, 15) is 9.90 Å². The summed E-state index contributed by atoms with van der Waals surface area (Å²) in [7, 11) is 0. The SMILES string of the molecule is CC1(C)OC[C@H]([C@H](O)CC(=O)c2nccs2)O1. The molecule has 2 atom stereocenters. The number of aromatic nitrogens is 1. The van der Waals surface area contributed by atoms with Gasteiger partial charge in [-0.2, -0.15) is 0 Å². The molecule has 17 heavy (non-hydrogen) atoms. The minimum Gasteiger partial charge on any atom is -0.390 e. The molecule has 1 aliphatic heterocycles. The van der Waals surface area contributed by atoms with Gasteiger partial charge in [0.2, 0.25) is 0 Å². The Hall–Kier alpha value is -0.820. The van der Waals surface area contributed by atoms with Crippen molar-refractivity contribution in [2.75, 3.05) is 6.61 Å². The monoisotopic (exact) mass is 257 g/mol. The molecule has 0 radical (unpaired) electrons. The first-order chi connectivity index (χ1) is 7.98. The molecular weight excluding hydrogens is 242 g/mol. The van der Waals surface area contributed by atoms with E-state index in [0.717, 1.165) is 0 Å². The number of ether oxygens (including phenoxy) is 2. The van der Waals surface area contributed by atoms with Crippen molar-refractivity contribution in [2.24, 2.45) is 0 Å². The Labute approximate surface area is 103 Å². The fourth-order valence-corrected chi connectivity index (χ4v) is 2.26. The van der Waals surface area contributed by atoms with E-state index in [1.165, 1.54) is 11.3 Å². The number of thiazole rings is 1. The van der Waals surface area contributed by atoms with Crippen LogP contribution in [0.15, 0.2) is 11.6 Å². The number of nitrogens with zero attached hydrogens (tertiary/aromatic N) is 1. The molecule has 0 amide bonds. The lowest BCUT2D eigenvalue weighted by molar-refractivity contribution is -0.150. The first-order valence-corrected chi connectivity index (χ1v) is 6.28. The van der Waals surface area contributed by atoms with Crippen LogP contribution in [-0.2, 0) is 9.47 Å². The Kier molecular flexibility index (Phi) is 3.58. The molecule has 94 valence electrons. The van der Waals surface area contributed by atoms with Crippen LogP contribution in [0, 0.1) is 0 Å². The minimum absolute atomic E-state index is 0.0115. The Morgan fingerprint density at radius 3 is 3.06 bits per heavy atom. The van der Waals surface area contributed by atoms with Crippen LogP contribution in [0.4, 0.5) is 0 Å². The Morgan fingerprint density at radius 2 is 2.53 bits per heavy atom. The molecule has 5 nitrogen and oxygen atoms in total. The summed E-state index contributed by atoms with van der Waals surface area (Å²) in [4.78, 5) is 15.6. The van der Waals surface area contributed by atoms with Crippen LogP contribution < -0.4 is 0 Å². The molecular formula is C11H15NO4S. The number of rotatable bonds is 4. The third-order valence-corrected chi connectivity index (χ3v) is 3.34.